The lowest BCUT2D eigenvalue weighted by molar-refractivity contribution is 0.769. The summed E-state index contributed by atoms with van der Waals surface area (Å²) in [5.74, 6) is 0.428. The summed E-state index contributed by atoms with van der Waals surface area (Å²) in [6.45, 7) is 3.95. The Bertz CT molecular complexity index is 1210. The number of anilines is 1. The lowest BCUT2D eigenvalue weighted by Crippen LogP contribution is -2.14. The number of nitriles is 1. The highest BCUT2D eigenvalue weighted by molar-refractivity contribution is 6.35. The van der Waals surface area contributed by atoms with Gasteiger partial charge < -0.3 is 5.32 Å². The molecule has 0 aliphatic rings. The average molecular weight is 393 g/mol. The van der Waals surface area contributed by atoms with E-state index in [0.717, 1.165) is 16.5 Å². The number of nitrogens with zero attached hydrogens (tertiary/aromatic N) is 6. The van der Waals surface area contributed by atoms with Crippen LogP contribution in [0.3, 0.4) is 0 Å². The second kappa shape index (κ2) is 6.94. The number of aromatic amines is 1. The summed E-state index contributed by atoms with van der Waals surface area (Å²) >= 11 is 6.41. The molecular formula is C19H17ClN8. The minimum absolute atomic E-state index is 0.0977. The first-order valence-corrected chi connectivity index (χ1v) is 9.05. The Kier molecular flexibility index (Phi) is 4.45. The zero-order chi connectivity index (χ0) is 19.8. The third-order valence-electron chi connectivity index (χ3n) is 4.16. The zero-order valence-electron chi connectivity index (χ0n) is 15.5. The van der Waals surface area contributed by atoms with Gasteiger partial charge in [0.1, 0.15) is 23.2 Å². The normalized spacial score (nSPS) is 11.1. The average Bonchev–Trinajstić information content (AvgIpc) is 3.30. The second-order valence-corrected chi connectivity index (χ2v) is 7.10. The summed E-state index contributed by atoms with van der Waals surface area (Å²) in [6, 6.07) is 7.79. The van der Waals surface area contributed by atoms with E-state index in [-0.39, 0.29) is 11.7 Å². The minimum atomic E-state index is 0.0977. The van der Waals surface area contributed by atoms with Crippen molar-refractivity contribution in [2.75, 3.05) is 5.32 Å². The molecule has 4 rings (SSSR count). The van der Waals surface area contributed by atoms with Gasteiger partial charge in [-0.2, -0.15) is 15.5 Å². The Labute approximate surface area is 166 Å². The number of rotatable bonds is 4. The second-order valence-electron chi connectivity index (χ2n) is 6.70. The topological polar surface area (TPSA) is 108 Å². The first-order valence-electron chi connectivity index (χ1n) is 8.68. The van der Waals surface area contributed by atoms with Crippen LogP contribution in [0.15, 0.2) is 30.6 Å². The lowest BCUT2D eigenvalue weighted by Gasteiger charge is -2.14. The number of aromatic nitrogens is 6. The predicted molar refractivity (Wildman–Crippen MR) is 108 cm³/mol. The van der Waals surface area contributed by atoms with Crippen molar-refractivity contribution in [1.82, 2.24) is 29.9 Å². The number of benzene rings is 1. The standard InChI is InChI=1S/C19H17ClN8/c1-10(2)23-19-15(8-21)24-17(18(25-19)14-4-5-28(3)27-14)11-6-12-9-22-26-16(12)13(20)7-11/h4-7,9-10H,1-3H3,(H,22,26)(H,23,25). The van der Waals surface area contributed by atoms with E-state index in [0.29, 0.717) is 27.9 Å². The molecule has 0 bridgehead atoms. The molecule has 0 unspecified atom stereocenters. The Morgan fingerprint density at radius 1 is 1.25 bits per heavy atom. The van der Waals surface area contributed by atoms with Crippen LogP contribution < -0.4 is 5.32 Å². The molecule has 0 saturated heterocycles. The van der Waals surface area contributed by atoms with Gasteiger partial charge in [-0.15, -0.1) is 0 Å². The highest BCUT2D eigenvalue weighted by Gasteiger charge is 2.20. The minimum Gasteiger partial charge on any atom is -0.365 e. The van der Waals surface area contributed by atoms with E-state index in [1.807, 2.05) is 39.2 Å². The van der Waals surface area contributed by atoms with Crippen molar-refractivity contribution in [2.45, 2.75) is 19.9 Å². The number of fused-ring (bicyclic) bond motifs is 1. The van der Waals surface area contributed by atoms with Crippen molar-refractivity contribution < 1.29 is 0 Å². The van der Waals surface area contributed by atoms with Crippen LogP contribution in [0.5, 0.6) is 0 Å². The SMILES string of the molecule is CC(C)Nc1nc(-c2ccn(C)n2)c(-c2cc(Cl)c3[nH]ncc3c2)nc1C#N. The molecule has 0 atom stereocenters. The first kappa shape index (κ1) is 17.9. The highest BCUT2D eigenvalue weighted by atomic mass is 35.5. The quantitative estimate of drug-likeness (QED) is 0.547. The van der Waals surface area contributed by atoms with Crippen LogP contribution in [0.2, 0.25) is 5.02 Å². The summed E-state index contributed by atoms with van der Waals surface area (Å²) in [6.07, 6.45) is 3.53. The number of hydrogen-bond acceptors (Lipinski definition) is 6. The number of H-pyrrole nitrogens is 1. The van der Waals surface area contributed by atoms with Crippen LogP contribution in [0.1, 0.15) is 19.5 Å². The highest BCUT2D eigenvalue weighted by Crippen LogP contribution is 2.34. The maximum absolute atomic E-state index is 9.61. The van der Waals surface area contributed by atoms with Gasteiger partial charge in [-0.3, -0.25) is 9.78 Å². The Morgan fingerprint density at radius 2 is 2.07 bits per heavy atom. The molecule has 3 heterocycles. The van der Waals surface area contributed by atoms with Crippen molar-refractivity contribution in [1.29, 1.82) is 5.26 Å². The van der Waals surface area contributed by atoms with Gasteiger partial charge in [-0.25, -0.2) is 9.97 Å². The molecule has 0 spiro atoms. The van der Waals surface area contributed by atoms with Crippen LogP contribution in [0.25, 0.3) is 33.5 Å². The van der Waals surface area contributed by atoms with E-state index >= 15 is 0 Å². The van der Waals surface area contributed by atoms with Crippen LogP contribution in [0.4, 0.5) is 5.82 Å². The third-order valence-corrected chi connectivity index (χ3v) is 4.46. The largest absolute Gasteiger partial charge is 0.365 e. The van der Waals surface area contributed by atoms with E-state index < -0.39 is 0 Å². The van der Waals surface area contributed by atoms with Gasteiger partial charge in [0.15, 0.2) is 11.5 Å². The monoisotopic (exact) mass is 392 g/mol. The summed E-state index contributed by atoms with van der Waals surface area (Å²) in [5, 5.41) is 25.5. The van der Waals surface area contributed by atoms with Crippen LogP contribution in [-0.2, 0) is 7.05 Å². The fourth-order valence-electron chi connectivity index (χ4n) is 2.96. The molecule has 0 aliphatic heterocycles. The third kappa shape index (κ3) is 3.17. The molecule has 1 aromatic carbocycles. The zero-order valence-corrected chi connectivity index (χ0v) is 16.3. The number of aryl methyl sites for hydroxylation is 1. The van der Waals surface area contributed by atoms with Crippen LogP contribution in [-0.4, -0.2) is 36.0 Å². The Balaban J connectivity index is 1.99. The number of nitrogens with one attached hydrogen (secondary N) is 2. The van der Waals surface area contributed by atoms with Gasteiger partial charge in [-0.1, -0.05) is 11.6 Å². The van der Waals surface area contributed by atoms with Gasteiger partial charge in [0.05, 0.1) is 16.7 Å². The van der Waals surface area contributed by atoms with Crippen LogP contribution in [0, 0.1) is 11.3 Å². The molecular weight excluding hydrogens is 376 g/mol. The van der Waals surface area contributed by atoms with Gasteiger partial charge in [0.25, 0.3) is 0 Å². The van der Waals surface area contributed by atoms with Gasteiger partial charge in [-0.05, 0) is 32.0 Å². The Morgan fingerprint density at radius 3 is 2.75 bits per heavy atom. The molecule has 0 radical (unpaired) electrons. The van der Waals surface area contributed by atoms with E-state index in [9.17, 15) is 5.26 Å². The lowest BCUT2D eigenvalue weighted by atomic mass is 10.1. The molecule has 140 valence electrons. The van der Waals surface area contributed by atoms with Gasteiger partial charge in [0.2, 0.25) is 0 Å². The maximum atomic E-state index is 9.61. The van der Waals surface area contributed by atoms with E-state index in [2.05, 4.69) is 31.7 Å². The fraction of sp³-hybridized carbons (Fsp3) is 0.211. The molecule has 3 aromatic heterocycles. The van der Waals surface area contributed by atoms with Gasteiger partial charge >= 0.3 is 0 Å². The van der Waals surface area contributed by atoms with E-state index in [1.165, 1.54) is 0 Å². The first-order chi connectivity index (χ1) is 13.5. The molecule has 0 aliphatic carbocycles. The summed E-state index contributed by atoms with van der Waals surface area (Å²) in [5.41, 5.74) is 3.46. The molecule has 8 nitrogen and oxygen atoms in total. The van der Waals surface area contributed by atoms with E-state index in [4.69, 9.17) is 16.6 Å². The molecule has 28 heavy (non-hydrogen) atoms. The molecule has 0 amide bonds. The van der Waals surface area contributed by atoms with Crippen molar-refractivity contribution >= 4 is 28.3 Å². The molecule has 0 saturated carbocycles. The smallest absolute Gasteiger partial charge is 0.183 e. The van der Waals surface area contributed by atoms with Crippen molar-refractivity contribution in [3.63, 3.8) is 0 Å². The molecule has 9 heteroatoms. The molecule has 2 N–H and O–H groups in total. The van der Waals surface area contributed by atoms with Crippen molar-refractivity contribution in [3.05, 3.63) is 41.3 Å². The summed E-state index contributed by atoms with van der Waals surface area (Å²) < 4.78 is 1.70. The number of halogens is 1. The van der Waals surface area contributed by atoms with E-state index in [1.54, 1.807) is 16.9 Å². The molecule has 4 aromatic rings. The fourth-order valence-corrected chi connectivity index (χ4v) is 3.23. The van der Waals surface area contributed by atoms with Crippen molar-refractivity contribution in [3.8, 4) is 28.7 Å². The summed E-state index contributed by atoms with van der Waals surface area (Å²) in [4.78, 5) is 9.31. The van der Waals surface area contributed by atoms with Crippen LogP contribution >= 0.6 is 11.6 Å². The number of hydrogen-bond donors (Lipinski definition) is 2. The molecule has 0 fully saturated rings. The van der Waals surface area contributed by atoms with Gasteiger partial charge in [0, 0.05) is 30.2 Å². The summed E-state index contributed by atoms with van der Waals surface area (Å²) in [7, 11) is 1.84. The van der Waals surface area contributed by atoms with Crippen molar-refractivity contribution in [2.24, 2.45) is 7.05 Å². The predicted octanol–water partition coefficient (Wildman–Crippen LogP) is 3.77. The maximum Gasteiger partial charge on any atom is 0.183 e. The Hall–Kier alpha value is -3.44.